The first-order chi connectivity index (χ1) is 10.7. The van der Waals surface area contributed by atoms with Crippen LogP contribution in [0, 0.1) is 0 Å². The lowest BCUT2D eigenvalue weighted by atomic mass is 10.1. The average molecular weight is 376 g/mol. The van der Waals surface area contributed by atoms with Gasteiger partial charge >= 0.3 is 0 Å². The number of benzene rings is 1. The minimum atomic E-state index is -0.322. The highest BCUT2D eigenvalue weighted by Gasteiger charge is 2.30. The number of carbonyl (C=O) groups is 1. The van der Waals surface area contributed by atoms with Crippen LogP contribution in [0.3, 0.4) is 0 Å². The highest BCUT2D eigenvalue weighted by atomic mass is 35.5. The molecule has 0 spiro atoms. The van der Waals surface area contributed by atoms with E-state index in [2.05, 4.69) is 41.4 Å². The summed E-state index contributed by atoms with van der Waals surface area (Å²) in [5.74, 6) is -0.00362. The number of ether oxygens (including phenoxy) is 1. The average Bonchev–Trinajstić information content (AvgIpc) is 3.12. The van der Waals surface area contributed by atoms with Crippen molar-refractivity contribution in [3.8, 4) is 0 Å². The summed E-state index contributed by atoms with van der Waals surface area (Å²) >= 11 is 0. The van der Waals surface area contributed by atoms with Gasteiger partial charge in [0.25, 0.3) is 0 Å². The second kappa shape index (κ2) is 9.47. The fourth-order valence-corrected chi connectivity index (χ4v) is 3.46. The summed E-state index contributed by atoms with van der Waals surface area (Å²) in [5.41, 5.74) is 8.27. The largest absolute Gasteiger partial charge is 0.367 e. The van der Waals surface area contributed by atoms with Gasteiger partial charge < -0.3 is 20.7 Å². The number of fused-ring (bicyclic) bond motifs is 1. The summed E-state index contributed by atoms with van der Waals surface area (Å²) in [6.07, 6.45) is 2.45. The molecule has 0 saturated carbocycles. The van der Waals surface area contributed by atoms with Gasteiger partial charge in [0.05, 0.1) is 6.10 Å². The van der Waals surface area contributed by atoms with Gasteiger partial charge in [-0.15, -0.1) is 24.8 Å². The van der Waals surface area contributed by atoms with Crippen molar-refractivity contribution in [2.24, 2.45) is 5.73 Å². The third kappa shape index (κ3) is 4.54. The molecule has 136 valence electrons. The quantitative estimate of drug-likeness (QED) is 0.824. The van der Waals surface area contributed by atoms with Crippen LogP contribution < -0.4 is 16.0 Å². The molecule has 1 aromatic rings. The number of para-hydroxylation sites is 1. The molecule has 2 heterocycles. The molecule has 0 bridgehead atoms. The maximum Gasteiger partial charge on any atom is 0.249 e. The van der Waals surface area contributed by atoms with E-state index in [1.54, 1.807) is 0 Å². The topological polar surface area (TPSA) is 67.6 Å². The minimum absolute atomic E-state index is 0. The molecule has 3 atom stereocenters. The lowest BCUT2D eigenvalue weighted by Crippen LogP contribution is -2.41. The molecule has 1 unspecified atom stereocenters. The predicted molar refractivity (Wildman–Crippen MR) is 101 cm³/mol. The Morgan fingerprint density at radius 2 is 2.08 bits per heavy atom. The summed E-state index contributed by atoms with van der Waals surface area (Å²) in [4.78, 5) is 14.5. The molecule has 5 nitrogen and oxygen atoms in total. The molecule has 0 radical (unpaired) electrons. The van der Waals surface area contributed by atoms with Gasteiger partial charge in [-0.3, -0.25) is 4.79 Å². The monoisotopic (exact) mass is 375 g/mol. The number of hydrogen-bond donors (Lipinski definition) is 2. The van der Waals surface area contributed by atoms with Crippen LogP contribution >= 0.6 is 24.8 Å². The molecule has 7 heteroatoms. The lowest BCUT2D eigenvalue weighted by Gasteiger charge is -2.25. The summed E-state index contributed by atoms with van der Waals surface area (Å²) < 4.78 is 5.62. The van der Waals surface area contributed by atoms with Crippen LogP contribution in [0.5, 0.6) is 0 Å². The van der Waals surface area contributed by atoms with Crippen molar-refractivity contribution < 1.29 is 9.53 Å². The van der Waals surface area contributed by atoms with Gasteiger partial charge in [0.15, 0.2) is 0 Å². The zero-order valence-electron chi connectivity index (χ0n) is 13.9. The molecular formula is C17H27Cl2N3O2. The van der Waals surface area contributed by atoms with Crippen molar-refractivity contribution >= 4 is 36.4 Å². The fraction of sp³-hybridized carbons (Fsp3) is 0.588. The fourth-order valence-electron chi connectivity index (χ4n) is 3.46. The highest BCUT2D eigenvalue weighted by Crippen LogP contribution is 2.31. The lowest BCUT2D eigenvalue weighted by molar-refractivity contribution is -0.131. The Hall–Kier alpha value is -1.01. The molecular weight excluding hydrogens is 349 g/mol. The molecule has 1 fully saturated rings. The van der Waals surface area contributed by atoms with Crippen molar-refractivity contribution in [1.29, 1.82) is 0 Å². The third-order valence-corrected chi connectivity index (χ3v) is 4.66. The van der Waals surface area contributed by atoms with Gasteiger partial charge in [0.2, 0.25) is 5.91 Å². The van der Waals surface area contributed by atoms with Crippen LogP contribution in [0.25, 0.3) is 0 Å². The number of carbonyl (C=O) groups excluding carboxylic acids is 1. The van der Waals surface area contributed by atoms with Crippen molar-refractivity contribution in [3.05, 3.63) is 29.8 Å². The summed E-state index contributed by atoms with van der Waals surface area (Å²) in [7, 11) is 0. The van der Waals surface area contributed by atoms with E-state index in [9.17, 15) is 4.79 Å². The Kier molecular flexibility index (Phi) is 8.30. The van der Waals surface area contributed by atoms with Crippen LogP contribution in [0.2, 0.25) is 0 Å². The smallest absolute Gasteiger partial charge is 0.249 e. The minimum Gasteiger partial charge on any atom is -0.367 e. The Balaban J connectivity index is 0.00000144. The van der Waals surface area contributed by atoms with Crippen molar-refractivity contribution in [2.45, 2.75) is 44.4 Å². The van der Waals surface area contributed by atoms with Gasteiger partial charge in [-0.05, 0) is 37.8 Å². The van der Waals surface area contributed by atoms with Crippen LogP contribution in [0.15, 0.2) is 24.3 Å². The number of nitrogens with zero attached hydrogens (tertiary/aromatic N) is 1. The number of halogens is 2. The molecule has 1 amide bonds. The second-order valence-corrected chi connectivity index (χ2v) is 6.23. The Morgan fingerprint density at radius 3 is 2.79 bits per heavy atom. The summed E-state index contributed by atoms with van der Waals surface area (Å²) in [6, 6.07) is 8.99. The zero-order valence-corrected chi connectivity index (χ0v) is 15.6. The molecule has 3 rings (SSSR count). The zero-order chi connectivity index (χ0) is 15.5. The van der Waals surface area contributed by atoms with Gasteiger partial charge in [0, 0.05) is 31.4 Å². The van der Waals surface area contributed by atoms with E-state index in [0.717, 1.165) is 25.8 Å². The van der Waals surface area contributed by atoms with Gasteiger partial charge in [-0.1, -0.05) is 18.2 Å². The first-order valence-corrected chi connectivity index (χ1v) is 8.17. The molecule has 2 aliphatic rings. The van der Waals surface area contributed by atoms with E-state index in [1.165, 1.54) is 11.3 Å². The maximum atomic E-state index is 12.1. The molecule has 1 saturated heterocycles. The van der Waals surface area contributed by atoms with Crippen molar-refractivity contribution in [3.63, 3.8) is 0 Å². The van der Waals surface area contributed by atoms with Gasteiger partial charge in [-0.2, -0.15) is 0 Å². The van der Waals surface area contributed by atoms with Gasteiger partial charge in [-0.25, -0.2) is 0 Å². The number of rotatable bonds is 5. The van der Waals surface area contributed by atoms with E-state index >= 15 is 0 Å². The van der Waals surface area contributed by atoms with E-state index in [1.807, 2.05) is 0 Å². The number of anilines is 1. The molecule has 2 aliphatic heterocycles. The number of nitrogens with two attached hydrogens (primary N) is 1. The predicted octanol–water partition coefficient (Wildman–Crippen LogP) is 1.90. The molecule has 0 aromatic heterocycles. The highest BCUT2D eigenvalue weighted by molar-refractivity contribution is 5.85. The van der Waals surface area contributed by atoms with Gasteiger partial charge in [0.1, 0.15) is 6.10 Å². The molecule has 24 heavy (non-hydrogen) atoms. The standard InChI is InChI=1S/C17H25N3O2.2ClH/c1-12-10-13-4-2-3-5-15(13)20(12)9-8-19-17(21)16-7-6-14(11-18)22-16;;/h2-5,12,14,16H,6-11,18H2,1H3,(H,19,21);2*1H/t12?,14-,16+;;/m1../s1. The van der Waals surface area contributed by atoms with Crippen molar-refractivity contribution in [1.82, 2.24) is 5.32 Å². The first-order valence-electron chi connectivity index (χ1n) is 8.17. The molecule has 1 aromatic carbocycles. The Morgan fingerprint density at radius 1 is 1.33 bits per heavy atom. The SMILES string of the molecule is CC1Cc2ccccc2N1CCNC(=O)[C@@H]1CC[C@H](CN)O1.Cl.Cl. The normalized spacial score (nSPS) is 24.8. The summed E-state index contributed by atoms with van der Waals surface area (Å²) in [6.45, 7) is 4.20. The van der Waals surface area contributed by atoms with Crippen LogP contribution in [0.4, 0.5) is 5.69 Å². The molecule has 0 aliphatic carbocycles. The maximum absolute atomic E-state index is 12.1. The van der Waals surface area contributed by atoms with E-state index in [4.69, 9.17) is 10.5 Å². The first kappa shape index (κ1) is 21.0. The summed E-state index contributed by atoms with van der Waals surface area (Å²) in [5, 5.41) is 3.00. The second-order valence-electron chi connectivity index (χ2n) is 6.23. The van der Waals surface area contributed by atoms with E-state index < -0.39 is 0 Å². The Labute approximate surface area is 156 Å². The van der Waals surface area contributed by atoms with E-state index in [0.29, 0.717) is 19.1 Å². The van der Waals surface area contributed by atoms with Crippen molar-refractivity contribution in [2.75, 3.05) is 24.5 Å². The number of amides is 1. The molecule has 3 N–H and O–H groups in total. The third-order valence-electron chi connectivity index (χ3n) is 4.66. The number of hydrogen-bond acceptors (Lipinski definition) is 4. The Bertz CT molecular complexity index is 544. The van der Waals surface area contributed by atoms with Crippen LogP contribution in [-0.4, -0.2) is 43.8 Å². The van der Waals surface area contributed by atoms with Crippen LogP contribution in [0.1, 0.15) is 25.3 Å². The van der Waals surface area contributed by atoms with E-state index in [-0.39, 0.29) is 42.9 Å². The van der Waals surface area contributed by atoms with Crippen LogP contribution in [-0.2, 0) is 16.0 Å². The number of nitrogens with one attached hydrogen (secondary N) is 1.